The zero-order valence-electron chi connectivity index (χ0n) is 17.4. The molecule has 0 radical (unpaired) electrons. The minimum absolute atomic E-state index is 0.676. The fourth-order valence-corrected chi connectivity index (χ4v) is 4.41. The van der Waals surface area contributed by atoms with Gasteiger partial charge in [0, 0.05) is 25.4 Å². The molecule has 1 unspecified atom stereocenters. The van der Waals surface area contributed by atoms with Crippen LogP contribution in [-0.4, -0.2) is 21.4 Å². The van der Waals surface area contributed by atoms with Gasteiger partial charge < -0.3 is 0 Å². The third kappa shape index (κ3) is 7.25. The quantitative estimate of drug-likeness (QED) is 0.191. The summed E-state index contributed by atoms with van der Waals surface area (Å²) < 4.78 is 16.0. The molecule has 0 amide bonds. The lowest BCUT2D eigenvalue weighted by molar-refractivity contribution is 0.652. The van der Waals surface area contributed by atoms with Crippen molar-refractivity contribution in [3.05, 3.63) is 96.2 Å². The number of nitrogens with one attached hydrogen (secondary N) is 1. The number of hydrogen-bond donors (Lipinski definition) is 1. The van der Waals surface area contributed by atoms with Crippen LogP contribution in [0.5, 0.6) is 0 Å². The molecule has 0 aliphatic heterocycles. The van der Waals surface area contributed by atoms with Crippen molar-refractivity contribution in [3.8, 4) is 11.1 Å². The van der Waals surface area contributed by atoms with E-state index in [1.165, 1.54) is 0 Å². The van der Waals surface area contributed by atoms with E-state index in [0.717, 1.165) is 53.0 Å². The minimum atomic E-state index is -1.26. The standard InChI is InChI=1S/C25H26N4OS/c1-26-29-23(20-21-15-18-27-19-16-21)12-6-3-9-17-28-31(30)25-14-8-7-13-24(25)22-10-4-2-5-11-22/h2,4-5,7-8,10-11,13-16,18-19,28H,3,6,9,12,17,20H2/b29-23+. The Kier molecular flexibility index (Phi) is 9.11. The van der Waals surface area contributed by atoms with Crippen molar-refractivity contribution in [2.45, 2.75) is 37.0 Å². The van der Waals surface area contributed by atoms with Gasteiger partial charge in [-0.25, -0.2) is 8.93 Å². The van der Waals surface area contributed by atoms with Crippen molar-refractivity contribution >= 4 is 16.7 Å². The van der Waals surface area contributed by atoms with Crippen molar-refractivity contribution in [3.63, 3.8) is 0 Å². The van der Waals surface area contributed by atoms with E-state index in [0.29, 0.717) is 13.0 Å². The largest absolute Gasteiger partial charge is 0.265 e. The van der Waals surface area contributed by atoms with Gasteiger partial charge in [-0.3, -0.25) is 4.98 Å². The molecule has 3 rings (SSSR count). The average molecular weight is 431 g/mol. The summed E-state index contributed by atoms with van der Waals surface area (Å²) in [4.78, 5) is 8.03. The van der Waals surface area contributed by atoms with Gasteiger partial charge in [0.2, 0.25) is 0 Å². The summed E-state index contributed by atoms with van der Waals surface area (Å²) in [6, 6.07) is 21.7. The molecule has 1 heterocycles. The van der Waals surface area contributed by atoms with E-state index in [9.17, 15) is 4.21 Å². The molecular weight excluding hydrogens is 404 g/mol. The van der Waals surface area contributed by atoms with Crippen LogP contribution >= 0.6 is 0 Å². The first-order valence-electron chi connectivity index (χ1n) is 10.4. The summed E-state index contributed by atoms with van der Waals surface area (Å²) in [6.07, 6.45) is 7.85. The molecule has 1 N–H and O–H groups in total. The van der Waals surface area contributed by atoms with Crippen LogP contribution in [0.1, 0.15) is 31.2 Å². The lowest BCUT2D eigenvalue weighted by Crippen LogP contribution is -2.19. The predicted octanol–water partition coefficient (Wildman–Crippen LogP) is 5.44. The van der Waals surface area contributed by atoms with Gasteiger partial charge in [0.15, 0.2) is 0 Å². The van der Waals surface area contributed by atoms with Gasteiger partial charge in [0.05, 0.1) is 10.00 Å². The van der Waals surface area contributed by atoms with Gasteiger partial charge >= 0.3 is 0 Å². The van der Waals surface area contributed by atoms with E-state index >= 15 is 0 Å². The van der Waals surface area contributed by atoms with Crippen LogP contribution in [0.25, 0.3) is 16.1 Å². The molecule has 0 aliphatic carbocycles. The number of nitrogens with zero attached hydrogens (tertiary/aromatic N) is 3. The van der Waals surface area contributed by atoms with Gasteiger partial charge in [-0.1, -0.05) is 55.0 Å². The Morgan fingerprint density at radius 2 is 1.71 bits per heavy atom. The van der Waals surface area contributed by atoms with Gasteiger partial charge in [-0.15, -0.1) is 4.95 Å². The Morgan fingerprint density at radius 1 is 0.968 bits per heavy atom. The van der Waals surface area contributed by atoms with Crippen LogP contribution in [0.15, 0.2) is 89.1 Å². The van der Waals surface area contributed by atoms with E-state index in [4.69, 9.17) is 6.57 Å². The van der Waals surface area contributed by atoms with Crippen molar-refractivity contribution < 1.29 is 4.21 Å². The number of unbranched alkanes of at least 4 members (excludes halogenated alkanes) is 2. The molecular formula is C25H26N4OS. The number of benzene rings is 2. The van der Waals surface area contributed by atoms with E-state index in [1.54, 1.807) is 12.4 Å². The maximum Gasteiger partial charge on any atom is 0.125 e. The molecule has 6 heteroatoms. The van der Waals surface area contributed by atoms with Crippen molar-refractivity contribution in [2.24, 2.45) is 5.10 Å². The van der Waals surface area contributed by atoms with Crippen LogP contribution in [-0.2, 0) is 17.4 Å². The molecule has 0 fully saturated rings. The van der Waals surface area contributed by atoms with Crippen molar-refractivity contribution in [1.82, 2.24) is 9.71 Å². The molecule has 0 bridgehead atoms. The Morgan fingerprint density at radius 3 is 2.48 bits per heavy atom. The highest BCUT2D eigenvalue weighted by atomic mass is 32.2. The van der Waals surface area contributed by atoms with Gasteiger partial charge in [0.25, 0.3) is 0 Å². The average Bonchev–Trinajstić information content (AvgIpc) is 2.82. The maximum absolute atomic E-state index is 12.8. The Hall–Kier alpha value is -3.14. The summed E-state index contributed by atoms with van der Waals surface area (Å²) in [6.45, 7) is 7.71. The fraction of sp³-hybridized carbons (Fsp3) is 0.240. The monoisotopic (exact) mass is 430 g/mol. The molecule has 31 heavy (non-hydrogen) atoms. The van der Waals surface area contributed by atoms with Crippen LogP contribution < -0.4 is 4.72 Å². The fourth-order valence-electron chi connectivity index (χ4n) is 3.34. The number of pyridine rings is 1. The summed E-state index contributed by atoms with van der Waals surface area (Å²) in [5.74, 6) is 0. The zero-order chi connectivity index (χ0) is 21.7. The molecule has 5 nitrogen and oxygen atoms in total. The SMILES string of the molecule is [C-]#[N+]/N=C(\CCCCCNS(=O)c1ccccc1-c1ccccc1)Cc1ccncc1. The number of rotatable bonds is 11. The molecule has 0 aliphatic rings. The van der Waals surface area contributed by atoms with Gasteiger partial charge in [-0.05, 0) is 54.2 Å². The van der Waals surface area contributed by atoms with Crippen molar-refractivity contribution in [2.75, 3.05) is 6.54 Å². The highest BCUT2D eigenvalue weighted by Crippen LogP contribution is 2.25. The van der Waals surface area contributed by atoms with Crippen LogP contribution in [0.2, 0.25) is 0 Å². The van der Waals surface area contributed by atoms with Crippen LogP contribution in [0.3, 0.4) is 0 Å². The predicted molar refractivity (Wildman–Crippen MR) is 127 cm³/mol. The number of hydrogen-bond acceptors (Lipinski definition) is 3. The molecule has 2 aromatic carbocycles. The second kappa shape index (κ2) is 12.5. The van der Waals surface area contributed by atoms with E-state index < -0.39 is 11.0 Å². The number of aromatic nitrogens is 1. The third-order valence-electron chi connectivity index (χ3n) is 4.90. The Balaban J connectivity index is 1.44. The molecule has 0 saturated carbocycles. The van der Waals surface area contributed by atoms with Crippen LogP contribution in [0, 0.1) is 6.57 Å². The lowest BCUT2D eigenvalue weighted by Gasteiger charge is -2.10. The van der Waals surface area contributed by atoms with Crippen molar-refractivity contribution in [1.29, 1.82) is 0 Å². The highest BCUT2D eigenvalue weighted by Gasteiger charge is 2.10. The first-order chi connectivity index (χ1) is 15.3. The van der Waals surface area contributed by atoms with E-state index in [2.05, 4.69) is 19.8 Å². The second-order valence-electron chi connectivity index (χ2n) is 7.13. The first-order valence-corrected chi connectivity index (χ1v) is 11.5. The summed E-state index contributed by atoms with van der Waals surface area (Å²) in [5.41, 5.74) is 4.07. The highest BCUT2D eigenvalue weighted by molar-refractivity contribution is 7.83. The zero-order valence-corrected chi connectivity index (χ0v) is 18.2. The smallest absolute Gasteiger partial charge is 0.125 e. The summed E-state index contributed by atoms with van der Waals surface area (Å²) >= 11 is 0. The first kappa shape index (κ1) is 22.5. The summed E-state index contributed by atoms with van der Waals surface area (Å²) in [7, 11) is -1.26. The molecule has 1 atom stereocenters. The van der Waals surface area contributed by atoms with E-state index in [1.807, 2.05) is 66.7 Å². The van der Waals surface area contributed by atoms with E-state index in [-0.39, 0.29) is 0 Å². The third-order valence-corrected chi connectivity index (χ3v) is 6.12. The maximum atomic E-state index is 12.8. The molecule has 158 valence electrons. The van der Waals surface area contributed by atoms with Gasteiger partial charge in [-0.2, -0.15) is 6.57 Å². The second-order valence-corrected chi connectivity index (χ2v) is 8.40. The normalized spacial score (nSPS) is 12.3. The Labute approximate surface area is 186 Å². The summed E-state index contributed by atoms with van der Waals surface area (Å²) in [5, 5.41) is 3.97. The Bertz CT molecular complexity index is 1050. The lowest BCUT2D eigenvalue weighted by atomic mass is 10.0. The van der Waals surface area contributed by atoms with Crippen LogP contribution in [0.4, 0.5) is 0 Å². The molecule has 1 aromatic heterocycles. The van der Waals surface area contributed by atoms with Gasteiger partial charge in [0.1, 0.15) is 16.7 Å². The topological polar surface area (TPSA) is 58.7 Å². The molecule has 0 spiro atoms. The molecule has 0 saturated heterocycles. The minimum Gasteiger partial charge on any atom is -0.265 e. The molecule has 3 aromatic rings.